The number of carbonyl (C=O) groups is 4. The molecule has 8 nitrogen and oxygen atoms in total. The number of carbonyl (C=O) groups excluding carboxylic acids is 4. The number of hydrogen-bond donors (Lipinski definition) is 2. The van der Waals surface area contributed by atoms with Gasteiger partial charge in [0.2, 0.25) is 11.8 Å². The summed E-state index contributed by atoms with van der Waals surface area (Å²) in [5.74, 6) is -1.67. The number of ether oxygens (including phenoxy) is 1. The summed E-state index contributed by atoms with van der Waals surface area (Å²) in [4.78, 5) is 49.9. The molecule has 156 valence electrons. The zero-order valence-electron chi connectivity index (χ0n) is 16.8. The molecule has 3 rings (SSSR count). The lowest BCUT2D eigenvalue weighted by Crippen LogP contribution is -2.36. The van der Waals surface area contributed by atoms with Crippen molar-refractivity contribution in [2.75, 3.05) is 17.2 Å². The van der Waals surface area contributed by atoms with E-state index in [0.717, 1.165) is 25.7 Å². The highest BCUT2D eigenvalue weighted by Crippen LogP contribution is 2.30. The van der Waals surface area contributed by atoms with Crippen LogP contribution >= 0.6 is 0 Å². The molecule has 1 aromatic carbocycles. The van der Waals surface area contributed by atoms with Crippen molar-refractivity contribution in [3.63, 3.8) is 0 Å². The van der Waals surface area contributed by atoms with Crippen LogP contribution in [0.3, 0.4) is 0 Å². The molecule has 0 radical (unpaired) electrons. The lowest BCUT2D eigenvalue weighted by atomic mass is 10.1. The maximum absolute atomic E-state index is 12.4. The second-order valence-electron chi connectivity index (χ2n) is 7.71. The molecule has 0 unspecified atom stereocenters. The SMILES string of the molecule is CC(=O)Nc1ccc(NC(=O)[C@@H](C)OC(=O)[C@@H]2CC(=O)N(C3CCCC3)C2)cc1. The number of nitrogens with one attached hydrogen (secondary N) is 2. The van der Waals surface area contributed by atoms with Gasteiger partial charge in [-0.2, -0.15) is 0 Å². The summed E-state index contributed by atoms with van der Waals surface area (Å²) in [6, 6.07) is 6.85. The Labute approximate surface area is 170 Å². The van der Waals surface area contributed by atoms with E-state index in [0.29, 0.717) is 17.9 Å². The second kappa shape index (κ2) is 9.07. The van der Waals surface area contributed by atoms with Crippen LogP contribution in [0.1, 0.15) is 46.0 Å². The Balaban J connectivity index is 1.49. The van der Waals surface area contributed by atoms with Gasteiger partial charge in [0, 0.05) is 37.3 Å². The molecule has 2 atom stereocenters. The molecule has 2 aliphatic rings. The lowest BCUT2D eigenvalue weighted by molar-refractivity contribution is -0.157. The molecule has 2 fully saturated rings. The quantitative estimate of drug-likeness (QED) is 0.712. The number of rotatable bonds is 6. The van der Waals surface area contributed by atoms with Crippen molar-refractivity contribution < 1.29 is 23.9 Å². The van der Waals surface area contributed by atoms with E-state index in [-0.39, 0.29) is 24.3 Å². The molecule has 0 bridgehead atoms. The fraction of sp³-hybridized carbons (Fsp3) is 0.524. The van der Waals surface area contributed by atoms with Gasteiger partial charge in [0.05, 0.1) is 5.92 Å². The van der Waals surface area contributed by atoms with Gasteiger partial charge in [-0.3, -0.25) is 19.2 Å². The number of esters is 1. The molecule has 1 saturated carbocycles. The largest absolute Gasteiger partial charge is 0.452 e. The summed E-state index contributed by atoms with van der Waals surface area (Å²) in [7, 11) is 0. The van der Waals surface area contributed by atoms with Gasteiger partial charge in [0.15, 0.2) is 6.10 Å². The number of likely N-dealkylation sites (tertiary alicyclic amines) is 1. The molecule has 1 aliphatic heterocycles. The van der Waals surface area contributed by atoms with Gasteiger partial charge in [0.1, 0.15) is 0 Å². The summed E-state index contributed by atoms with van der Waals surface area (Å²) in [6.07, 6.45) is 3.39. The van der Waals surface area contributed by atoms with E-state index in [4.69, 9.17) is 4.74 Å². The molecule has 29 heavy (non-hydrogen) atoms. The number of amides is 3. The number of hydrogen-bond acceptors (Lipinski definition) is 5. The first-order valence-corrected chi connectivity index (χ1v) is 10.0. The Morgan fingerprint density at radius 2 is 1.66 bits per heavy atom. The molecule has 0 aromatic heterocycles. The molecule has 8 heteroatoms. The van der Waals surface area contributed by atoms with Crippen LogP contribution < -0.4 is 10.6 Å². The third-order valence-electron chi connectivity index (χ3n) is 5.39. The first kappa shape index (κ1) is 20.8. The minimum atomic E-state index is -0.979. The topological polar surface area (TPSA) is 105 Å². The summed E-state index contributed by atoms with van der Waals surface area (Å²) in [6.45, 7) is 3.29. The van der Waals surface area contributed by atoms with E-state index >= 15 is 0 Å². The van der Waals surface area contributed by atoms with Crippen molar-refractivity contribution in [2.24, 2.45) is 5.92 Å². The van der Waals surface area contributed by atoms with Gasteiger partial charge >= 0.3 is 5.97 Å². The molecule has 1 aromatic rings. The Morgan fingerprint density at radius 1 is 1.07 bits per heavy atom. The third kappa shape index (κ3) is 5.34. The molecule has 0 spiro atoms. The minimum Gasteiger partial charge on any atom is -0.452 e. The van der Waals surface area contributed by atoms with Crippen LogP contribution in [0.15, 0.2) is 24.3 Å². The maximum Gasteiger partial charge on any atom is 0.312 e. The predicted molar refractivity (Wildman–Crippen MR) is 107 cm³/mol. The van der Waals surface area contributed by atoms with E-state index in [2.05, 4.69) is 10.6 Å². The highest BCUT2D eigenvalue weighted by molar-refractivity contribution is 5.96. The van der Waals surface area contributed by atoms with Crippen LogP contribution in [0.25, 0.3) is 0 Å². The molecule has 1 saturated heterocycles. The van der Waals surface area contributed by atoms with Crippen LogP contribution in [0.4, 0.5) is 11.4 Å². The summed E-state index contributed by atoms with van der Waals surface area (Å²) < 4.78 is 5.32. The van der Waals surface area contributed by atoms with Gasteiger partial charge < -0.3 is 20.3 Å². The predicted octanol–water partition coefficient (Wildman–Crippen LogP) is 2.31. The maximum atomic E-state index is 12.4. The molecule has 2 N–H and O–H groups in total. The Bertz CT molecular complexity index is 786. The smallest absolute Gasteiger partial charge is 0.312 e. The Morgan fingerprint density at radius 3 is 2.24 bits per heavy atom. The molecule has 1 heterocycles. The van der Waals surface area contributed by atoms with Crippen molar-refractivity contribution in [1.29, 1.82) is 0 Å². The Hall–Kier alpha value is -2.90. The molecular formula is C21H27N3O5. The number of nitrogens with zero attached hydrogens (tertiary/aromatic N) is 1. The van der Waals surface area contributed by atoms with Crippen LogP contribution in [-0.2, 0) is 23.9 Å². The van der Waals surface area contributed by atoms with E-state index in [1.54, 1.807) is 29.2 Å². The highest BCUT2D eigenvalue weighted by atomic mass is 16.5. The van der Waals surface area contributed by atoms with Gasteiger partial charge in [0.25, 0.3) is 5.91 Å². The van der Waals surface area contributed by atoms with Crippen molar-refractivity contribution in [3.8, 4) is 0 Å². The van der Waals surface area contributed by atoms with Crippen molar-refractivity contribution in [3.05, 3.63) is 24.3 Å². The number of anilines is 2. The average molecular weight is 401 g/mol. The van der Waals surface area contributed by atoms with Crippen molar-refractivity contribution >= 4 is 35.1 Å². The summed E-state index contributed by atoms with van der Waals surface area (Å²) in [5, 5.41) is 5.31. The molecular weight excluding hydrogens is 374 g/mol. The van der Waals surface area contributed by atoms with Gasteiger partial charge in [-0.1, -0.05) is 12.8 Å². The van der Waals surface area contributed by atoms with Gasteiger partial charge in [-0.05, 0) is 44.0 Å². The van der Waals surface area contributed by atoms with E-state index in [1.807, 2.05) is 0 Å². The zero-order chi connectivity index (χ0) is 21.0. The average Bonchev–Trinajstić information content (AvgIpc) is 3.32. The lowest BCUT2D eigenvalue weighted by Gasteiger charge is -2.24. The first-order chi connectivity index (χ1) is 13.8. The standard InChI is InChI=1S/C21H27N3O5/c1-13(20(27)23-17-9-7-16(8-10-17)22-14(2)25)29-21(28)15-11-19(26)24(12-15)18-5-3-4-6-18/h7-10,13,15,18H,3-6,11-12H2,1-2H3,(H,22,25)(H,23,27)/t13-,15-/m1/s1. The van der Waals surface area contributed by atoms with Crippen LogP contribution in [0, 0.1) is 5.92 Å². The number of benzene rings is 1. The summed E-state index contributed by atoms with van der Waals surface area (Å²) >= 11 is 0. The highest BCUT2D eigenvalue weighted by Gasteiger charge is 2.40. The fourth-order valence-corrected chi connectivity index (χ4v) is 3.87. The normalized spacial score (nSPS) is 20.4. The Kier molecular flexibility index (Phi) is 6.51. The van der Waals surface area contributed by atoms with E-state index in [1.165, 1.54) is 13.8 Å². The second-order valence-corrected chi connectivity index (χ2v) is 7.71. The van der Waals surface area contributed by atoms with Crippen molar-refractivity contribution in [2.45, 2.75) is 58.1 Å². The van der Waals surface area contributed by atoms with Crippen LogP contribution in [0.5, 0.6) is 0 Å². The fourth-order valence-electron chi connectivity index (χ4n) is 3.87. The van der Waals surface area contributed by atoms with Gasteiger partial charge in [-0.25, -0.2) is 0 Å². The van der Waals surface area contributed by atoms with Gasteiger partial charge in [-0.15, -0.1) is 0 Å². The molecule has 3 amide bonds. The van der Waals surface area contributed by atoms with E-state index in [9.17, 15) is 19.2 Å². The zero-order valence-corrected chi connectivity index (χ0v) is 16.8. The molecule has 1 aliphatic carbocycles. The summed E-state index contributed by atoms with van der Waals surface area (Å²) in [5.41, 5.74) is 1.14. The first-order valence-electron chi connectivity index (χ1n) is 10.0. The van der Waals surface area contributed by atoms with Crippen LogP contribution in [-0.4, -0.2) is 47.3 Å². The third-order valence-corrected chi connectivity index (χ3v) is 5.39. The van der Waals surface area contributed by atoms with Crippen LogP contribution in [0.2, 0.25) is 0 Å². The minimum absolute atomic E-state index is 0.00443. The van der Waals surface area contributed by atoms with Crippen molar-refractivity contribution in [1.82, 2.24) is 4.90 Å². The van der Waals surface area contributed by atoms with E-state index < -0.39 is 23.9 Å². The monoisotopic (exact) mass is 401 g/mol.